The molecular weight excluding hydrogens is 262 g/mol. The van der Waals surface area contributed by atoms with E-state index in [-0.39, 0.29) is 0 Å². The number of rotatable bonds is 4. The van der Waals surface area contributed by atoms with Crippen LogP contribution in [0.3, 0.4) is 0 Å². The van der Waals surface area contributed by atoms with Crippen LogP contribution in [0.4, 0.5) is 5.69 Å². The van der Waals surface area contributed by atoms with Crippen molar-refractivity contribution in [1.29, 1.82) is 0 Å². The minimum absolute atomic E-state index is 0.781. The Morgan fingerprint density at radius 3 is 2.57 bits per heavy atom. The molecule has 0 amide bonds. The lowest BCUT2D eigenvalue weighted by molar-refractivity contribution is 0.415. The van der Waals surface area contributed by atoms with Gasteiger partial charge in [-0.25, -0.2) is 0 Å². The number of anilines is 1. The maximum atomic E-state index is 5.25. The molecule has 3 rings (SSSR count). The lowest BCUT2D eigenvalue weighted by Gasteiger charge is -2.08. The Morgan fingerprint density at radius 2 is 1.86 bits per heavy atom. The van der Waals surface area contributed by atoms with E-state index >= 15 is 0 Å². The van der Waals surface area contributed by atoms with Crippen molar-refractivity contribution in [3.63, 3.8) is 0 Å². The molecule has 0 saturated heterocycles. The van der Waals surface area contributed by atoms with Crippen molar-refractivity contribution < 1.29 is 4.74 Å². The molecule has 4 heteroatoms. The number of methoxy groups -OCH3 is 1. The summed E-state index contributed by atoms with van der Waals surface area (Å²) in [5.74, 6) is 0.887. The van der Waals surface area contributed by atoms with E-state index in [0.29, 0.717) is 0 Å². The molecule has 4 nitrogen and oxygen atoms in total. The number of benzene rings is 2. The SMILES string of the molecule is COc1ccc2cc(CNc3c(C)n[nH]c3C)ccc2c1. The number of ether oxygens (including phenoxy) is 1. The molecule has 2 N–H and O–H groups in total. The molecule has 108 valence electrons. The van der Waals surface area contributed by atoms with Gasteiger partial charge in [-0.3, -0.25) is 5.10 Å². The Balaban J connectivity index is 1.81. The van der Waals surface area contributed by atoms with Gasteiger partial charge in [-0.1, -0.05) is 18.2 Å². The van der Waals surface area contributed by atoms with Crippen LogP contribution in [0.5, 0.6) is 5.75 Å². The Kier molecular flexibility index (Phi) is 3.52. The number of aromatic nitrogens is 2. The van der Waals surface area contributed by atoms with Crippen LogP contribution in [-0.2, 0) is 6.54 Å². The van der Waals surface area contributed by atoms with Crippen LogP contribution in [0.1, 0.15) is 17.0 Å². The van der Waals surface area contributed by atoms with Gasteiger partial charge in [-0.05, 0) is 48.4 Å². The van der Waals surface area contributed by atoms with Crippen molar-refractivity contribution in [3.05, 3.63) is 53.3 Å². The zero-order valence-corrected chi connectivity index (χ0v) is 12.5. The van der Waals surface area contributed by atoms with E-state index in [1.807, 2.05) is 19.9 Å². The highest BCUT2D eigenvalue weighted by Gasteiger charge is 2.05. The largest absolute Gasteiger partial charge is 0.497 e. The van der Waals surface area contributed by atoms with Crippen LogP contribution >= 0.6 is 0 Å². The number of hydrogen-bond donors (Lipinski definition) is 2. The Labute approximate surface area is 124 Å². The third-order valence-electron chi connectivity index (χ3n) is 3.71. The molecule has 0 radical (unpaired) electrons. The average molecular weight is 281 g/mol. The smallest absolute Gasteiger partial charge is 0.119 e. The van der Waals surface area contributed by atoms with Gasteiger partial charge < -0.3 is 10.1 Å². The fraction of sp³-hybridized carbons (Fsp3) is 0.235. The van der Waals surface area contributed by atoms with E-state index in [4.69, 9.17) is 4.74 Å². The fourth-order valence-corrected chi connectivity index (χ4v) is 2.51. The number of H-pyrrole nitrogens is 1. The predicted molar refractivity (Wildman–Crippen MR) is 85.9 cm³/mol. The molecule has 0 bridgehead atoms. The van der Waals surface area contributed by atoms with Crippen LogP contribution in [0.25, 0.3) is 10.8 Å². The van der Waals surface area contributed by atoms with Crippen LogP contribution in [0.15, 0.2) is 36.4 Å². The van der Waals surface area contributed by atoms with Crippen LogP contribution < -0.4 is 10.1 Å². The molecule has 1 aromatic heterocycles. The van der Waals surface area contributed by atoms with E-state index in [1.165, 1.54) is 16.3 Å². The first kappa shape index (κ1) is 13.5. The highest BCUT2D eigenvalue weighted by molar-refractivity contribution is 5.84. The zero-order valence-electron chi connectivity index (χ0n) is 12.5. The molecule has 3 aromatic rings. The van der Waals surface area contributed by atoms with Gasteiger partial charge in [0, 0.05) is 6.54 Å². The van der Waals surface area contributed by atoms with Crippen molar-refractivity contribution in [3.8, 4) is 5.75 Å². The van der Waals surface area contributed by atoms with Crippen molar-refractivity contribution >= 4 is 16.5 Å². The third kappa shape index (κ3) is 2.70. The number of hydrogen-bond acceptors (Lipinski definition) is 3. The summed E-state index contributed by atoms with van der Waals surface area (Å²) in [4.78, 5) is 0. The summed E-state index contributed by atoms with van der Waals surface area (Å²) in [6.07, 6.45) is 0. The number of aromatic amines is 1. The molecule has 0 aliphatic carbocycles. The van der Waals surface area contributed by atoms with E-state index < -0.39 is 0 Å². The van der Waals surface area contributed by atoms with Gasteiger partial charge in [0.1, 0.15) is 5.75 Å². The maximum Gasteiger partial charge on any atom is 0.119 e. The van der Waals surface area contributed by atoms with Gasteiger partial charge in [0.05, 0.1) is 24.2 Å². The van der Waals surface area contributed by atoms with Gasteiger partial charge in [0.2, 0.25) is 0 Å². The van der Waals surface area contributed by atoms with Gasteiger partial charge in [-0.2, -0.15) is 5.10 Å². The summed E-state index contributed by atoms with van der Waals surface area (Å²) < 4.78 is 5.25. The average Bonchev–Trinajstić information content (AvgIpc) is 2.83. The first-order valence-corrected chi connectivity index (χ1v) is 6.99. The first-order chi connectivity index (χ1) is 10.2. The Morgan fingerprint density at radius 1 is 1.10 bits per heavy atom. The summed E-state index contributed by atoms with van der Waals surface area (Å²) in [5.41, 5.74) is 4.40. The molecule has 0 saturated carbocycles. The fourth-order valence-electron chi connectivity index (χ4n) is 2.51. The van der Waals surface area contributed by atoms with Crippen molar-refractivity contribution in [2.45, 2.75) is 20.4 Å². The van der Waals surface area contributed by atoms with Gasteiger partial charge >= 0.3 is 0 Å². The molecule has 0 unspecified atom stereocenters. The van der Waals surface area contributed by atoms with Crippen molar-refractivity contribution in [2.24, 2.45) is 0 Å². The maximum absolute atomic E-state index is 5.25. The van der Waals surface area contributed by atoms with Gasteiger partial charge in [-0.15, -0.1) is 0 Å². The summed E-state index contributed by atoms with van der Waals surface area (Å²) >= 11 is 0. The normalized spacial score (nSPS) is 10.8. The highest BCUT2D eigenvalue weighted by atomic mass is 16.5. The topological polar surface area (TPSA) is 49.9 Å². The minimum atomic E-state index is 0.781. The molecule has 0 spiro atoms. The summed E-state index contributed by atoms with van der Waals surface area (Å²) in [7, 11) is 1.69. The quantitative estimate of drug-likeness (QED) is 0.764. The number of nitrogens with zero attached hydrogens (tertiary/aromatic N) is 1. The molecule has 2 aromatic carbocycles. The minimum Gasteiger partial charge on any atom is -0.497 e. The second-order valence-corrected chi connectivity index (χ2v) is 5.21. The summed E-state index contributed by atoms with van der Waals surface area (Å²) in [6.45, 7) is 4.80. The van der Waals surface area contributed by atoms with E-state index in [0.717, 1.165) is 29.4 Å². The lowest BCUT2D eigenvalue weighted by atomic mass is 10.1. The van der Waals surface area contributed by atoms with Gasteiger partial charge in [0.15, 0.2) is 0 Å². The molecule has 1 heterocycles. The zero-order chi connectivity index (χ0) is 14.8. The molecule has 21 heavy (non-hydrogen) atoms. The third-order valence-corrected chi connectivity index (χ3v) is 3.71. The molecular formula is C17H19N3O. The number of aryl methyl sites for hydroxylation is 2. The molecule has 0 fully saturated rings. The van der Waals surface area contributed by atoms with Gasteiger partial charge in [0.25, 0.3) is 0 Å². The standard InChI is InChI=1S/C17H19N3O/c1-11-17(12(2)20-19-11)18-10-13-4-5-15-9-16(21-3)7-6-14(15)8-13/h4-9,18H,10H2,1-3H3,(H,19,20). The highest BCUT2D eigenvalue weighted by Crippen LogP contribution is 2.23. The second-order valence-electron chi connectivity index (χ2n) is 5.21. The molecule has 0 aliphatic heterocycles. The number of nitrogens with one attached hydrogen (secondary N) is 2. The van der Waals surface area contributed by atoms with E-state index in [9.17, 15) is 0 Å². The lowest BCUT2D eigenvalue weighted by Crippen LogP contribution is -2.01. The van der Waals surface area contributed by atoms with Crippen molar-refractivity contribution in [2.75, 3.05) is 12.4 Å². The van der Waals surface area contributed by atoms with Crippen molar-refractivity contribution in [1.82, 2.24) is 10.2 Å². The Bertz CT molecular complexity index is 757. The summed E-state index contributed by atoms with van der Waals surface area (Å²) in [5, 5.41) is 13.0. The molecule has 0 atom stereocenters. The number of fused-ring (bicyclic) bond motifs is 1. The van der Waals surface area contributed by atoms with Crippen LogP contribution in [0.2, 0.25) is 0 Å². The first-order valence-electron chi connectivity index (χ1n) is 6.99. The summed E-state index contributed by atoms with van der Waals surface area (Å²) in [6, 6.07) is 12.6. The second kappa shape index (κ2) is 5.48. The van der Waals surface area contributed by atoms with E-state index in [1.54, 1.807) is 7.11 Å². The predicted octanol–water partition coefficient (Wildman–Crippen LogP) is 3.80. The Hall–Kier alpha value is -2.49. The van der Waals surface area contributed by atoms with Crippen LogP contribution in [-0.4, -0.2) is 17.3 Å². The molecule has 0 aliphatic rings. The van der Waals surface area contributed by atoms with E-state index in [2.05, 4.69) is 45.8 Å². The van der Waals surface area contributed by atoms with Crippen LogP contribution in [0, 0.1) is 13.8 Å². The monoisotopic (exact) mass is 281 g/mol.